The Morgan fingerprint density at radius 3 is 1.36 bits per heavy atom. The van der Waals surface area contributed by atoms with Crippen molar-refractivity contribution in [1.29, 1.82) is 0 Å². The molecular formula is C58H44N4OPd. The van der Waals surface area contributed by atoms with E-state index in [4.69, 9.17) is 14.7 Å². The van der Waals surface area contributed by atoms with Crippen LogP contribution in [0.3, 0.4) is 0 Å². The Bertz CT molecular complexity index is 3830. The van der Waals surface area contributed by atoms with Crippen molar-refractivity contribution in [3.05, 3.63) is 180 Å². The molecular weight excluding hydrogens is 875 g/mol. The van der Waals surface area contributed by atoms with Gasteiger partial charge < -0.3 is 13.5 Å². The minimum absolute atomic E-state index is 0. The Kier molecular flexibility index (Phi) is 9.47. The van der Waals surface area contributed by atoms with E-state index >= 15 is 0 Å². The van der Waals surface area contributed by atoms with Crippen molar-refractivity contribution < 1.29 is 25.2 Å². The van der Waals surface area contributed by atoms with Gasteiger partial charge in [-0.25, -0.2) is 0 Å². The normalized spacial score (nSPS) is 12.1. The molecule has 4 heterocycles. The van der Waals surface area contributed by atoms with Crippen molar-refractivity contribution in [2.24, 2.45) is 0 Å². The SMILES string of the molecule is Cc1cccc(C)c1-c1cccc2c1c1ccc(Oc3[c-]c4c(cc3)c3c(-c5c(C(C)C)cccc5C(C)C)cccc3n3c5ccccc5nc43)[c-]c1c1nc3ccccc3n21.[Pd+2]. The van der Waals surface area contributed by atoms with Crippen LogP contribution >= 0.6 is 0 Å². The van der Waals surface area contributed by atoms with Crippen LogP contribution in [0.5, 0.6) is 11.5 Å². The van der Waals surface area contributed by atoms with E-state index in [-0.39, 0.29) is 20.4 Å². The van der Waals surface area contributed by atoms with Crippen LogP contribution in [-0.4, -0.2) is 18.8 Å². The molecule has 0 aliphatic heterocycles. The van der Waals surface area contributed by atoms with Gasteiger partial charge in [-0.1, -0.05) is 158 Å². The van der Waals surface area contributed by atoms with Crippen LogP contribution in [0.15, 0.2) is 146 Å². The maximum absolute atomic E-state index is 6.85. The number of nitrogens with zero attached hydrogens (tertiary/aromatic N) is 4. The van der Waals surface area contributed by atoms with Crippen LogP contribution in [0.1, 0.15) is 61.8 Å². The maximum Gasteiger partial charge on any atom is 2.00 e. The van der Waals surface area contributed by atoms with E-state index < -0.39 is 0 Å². The van der Waals surface area contributed by atoms with Crippen molar-refractivity contribution in [3.63, 3.8) is 0 Å². The van der Waals surface area contributed by atoms with Crippen molar-refractivity contribution in [1.82, 2.24) is 18.8 Å². The van der Waals surface area contributed by atoms with Gasteiger partial charge in [-0.15, -0.1) is 12.1 Å². The van der Waals surface area contributed by atoms with Gasteiger partial charge >= 0.3 is 20.4 Å². The summed E-state index contributed by atoms with van der Waals surface area (Å²) in [5.41, 5.74) is 18.1. The van der Waals surface area contributed by atoms with Crippen molar-refractivity contribution in [2.75, 3.05) is 0 Å². The van der Waals surface area contributed by atoms with Crippen molar-refractivity contribution in [2.45, 2.75) is 53.4 Å². The molecule has 0 spiro atoms. The Morgan fingerprint density at radius 1 is 0.453 bits per heavy atom. The van der Waals surface area contributed by atoms with Crippen LogP contribution in [0.4, 0.5) is 0 Å². The van der Waals surface area contributed by atoms with Gasteiger partial charge in [-0.3, -0.25) is 9.97 Å². The molecule has 0 atom stereocenters. The predicted molar refractivity (Wildman–Crippen MR) is 262 cm³/mol. The first-order valence-electron chi connectivity index (χ1n) is 22.0. The summed E-state index contributed by atoms with van der Waals surface area (Å²) >= 11 is 0. The standard InChI is InChI=1S/C58H44N4O.Pd/c1-33(2)39-17-12-18-40(34(3)4)54(39)44-20-14-26-52-56(44)42-30-28-38(32-46(42)58-60-48-22-8-10-24-50(48)62(52)58)63-37-27-29-41-45(31-37)57-59-47-21-7-9-23-49(47)61(57)51-25-13-19-43(55(41)51)53-35(5)15-11-16-36(53)6;/h7-30,33-34H,1-6H3;/q-2;+2. The minimum Gasteiger partial charge on any atom is -0.497 e. The van der Waals surface area contributed by atoms with Gasteiger partial charge in [0.25, 0.3) is 0 Å². The molecule has 6 heteroatoms. The van der Waals surface area contributed by atoms with Gasteiger partial charge in [-0.2, -0.15) is 0 Å². The second-order valence-corrected chi connectivity index (χ2v) is 17.6. The maximum atomic E-state index is 6.85. The van der Waals surface area contributed by atoms with Gasteiger partial charge in [0.2, 0.25) is 0 Å². The second-order valence-electron chi connectivity index (χ2n) is 17.6. The molecule has 5 nitrogen and oxygen atoms in total. The molecule has 12 rings (SSSR count). The minimum atomic E-state index is 0. The van der Waals surface area contributed by atoms with E-state index in [1.807, 2.05) is 18.2 Å². The third-order valence-electron chi connectivity index (χ3n) is 13.1. The van der Waals surface area contributed by atoms with E-state index in [9.17, 15) is 0 Å². The molecule has 0 aliphatic carbocycles. The van der Waals surface area contributed by atoms with Gasteiger partial charge in [-0.05, 0) is 117 Å². The summed E-state index contributed by atoms with van der Waals surface area (Å²) in [5, 5.41) is 6.31. The van der Waals surface area contributed by atoms with Crippen LogP contribution < -0.4 is 4.74 Å². The molecule has 0 radical (unpaired) electrons. The third kappa shape index (κ3) is 5.93. The number of pyridine rings is 2. The first-order valence-corrected chi connectivity index (χ1v) is 22.0. The molecule has 8 aromatic carbocycles. The molecule has 0 N–H and O–H groups in total. The fourth-order valence-electron chi connectivity index (χ4n) is 10.4. The summed E-state index contributed by atoms with van der Waals surface area (Å²) in [6.45, 7) is 13.6. The Labute approximate surface area is 385 Å². The number of aryl methyl sites for hydroxylation is 2. The number of aromatic nitrogens is 4. The third-order valence-corrected chi connectivity index (χ3v) is 13.1. The van der Waals surface area contributed by atoms with Gasteiger partial charge in [0.05, 0.1) is 33.4 Å². The van der Waals surface area contributed by atoms with Crippen LogP contribution in [-0.2, 0) is 20.4 Å². The second kappa shape index (κ2) is 15.2. The summed E-state index contributed by atoms with van der Waals surface area (Å²) in [6.07, 6.45) is 0. The summed E-state index contributed by atoms with van der Waals surface area (Å²) in [6, 6.07) is 59.4. The van der Waals surface area contributed by atoms with Gasteiger partial charge in [0, 0.05) is 22.5 Å². The zero-order valence-corrected chi connectivity index (χ0v) is 38.1. The molecule has 0 unspecified atom stereocenters. The largest absolute Gasteiger partial charge is 2.00 e. The monoisotopic (exact) mass is 918 g/mol. The quantitative estimate of drug-likeness (QED) is 0.0948. The zero-order chi connectivity index (χ0) is 42.7. The molecule has 12 aromatic rings. The average molecular weight is 919 g/mol. The number of rotatable bonds is 6. The summed E-state index contributed by atoms with van der Waals surface area (Å²) in [7, 11) is 0. The molecule has 312 valence electrons. The van der Waals surface area contributed by atoms with Crippen LogP contribution in [0.2, 0.25) is 0 Å². The number of hydrogen-bond acceptors (Lipinski definition) is 3. The van der Waals surface area contributed by atoms with Gasteiger partial charge in [0.1, 0.15) is 0 Å². The Morgan fingerprint density at radius 2 is 0.875 bits per heavy atom. The fraction of sp³-hybridized carbons (Fsp3) is 0.138. The molecule has 64 heavy (non-hydrogen) atoms. The number of ether oxygens (including phenoxy) is 1. The van der Waals surface area contributed by atoms with E-state index in [0.717, 1.165) is 71.3 Å². The van der Waals surface area contributed by atoms with Crippen LogP contribution in [0, 0.1) is 26.0 Å². The predicted octanol–water partition coefficient (Wildman–Crippen LogP) is 15.5. The van der Waals surface area contributed by atoms with E-state index in [2.05, 4.69) is 190 Å². The first kappa shape index (κ1) is 40.0. The number of imidazole rings is 2. The van der Waals surface area contributed by atoms with Gasteiger partial charge in [0.15, 0.2) is 0 Å². The molecule has 0 amide bonds. The number of benzene rings is 8. The fourth-order valence-corrected chi connectivity index (χ4v) is 10.4. The van der Waals surface area contributed by atoms with Crippen molar-refractivity contribution >= 4 is 76.7 Å². The topological polar surface area (TPSA) is 43.8 Å². The average Bonchev–Trinajstić information content (AvgIpc) is 3.89. The number of hydrogen-bond donors (Lipinski definition) is 0. The first-order chi connectivity index (χ1) is 30.7. The molecule has 4 aromatic heterocycles. The van der Waals surface area contributed by atoms with E-state index in [1.165, 1.54) is 49.9 Å². The van der Waals surface area contributed by atoms with Crippen LogP contribution in [0.25, 0.3) is 99.0 Å². The Balaban J connectivity index is 0.00000456. The zero-order valence-electron chi connectivity index (χ0n) is 36.5. The molecule has 0 saturated heterocycles. The smallest absolute Gasteiger partial charge is 0.497 e. The van der Waals surface area contributed by atoms with E-state index in [0.29, 0.717) is 23.3 Å². The summed E-state index contributed by atoms with van der Waals surface area (Å²) < 4.78 is 11.4. The Hall–Kier alpha value is -6.84. The molecule has 0 fully saturated rings. The summed E-state index contributed by atoms with van der Waals surface area (Å²) in [4.78, 5) is 10.5. The molecule has 0 saturated carbocycles. The van der Waals surface area contributed by atoms with Crippen molar-refractivity contribution in [3.8, 4) is 33.8 Å². The van der Waals surface area contributed by atoms with E-state index in [1.54, 1.807) is 0 Å². The molecule has 0 aliphatic rings. The summed E-state index contributed by atoms with van der Waals surface area (Å²) in [5.74, 6) is 1.88. The number of para-hydroxylation sites is 4. The number of fused-ring (bicyclic) bond motifs is 16. The molecule has 0 bridgehead atoms.